The van der Waals surface area contributed by atoms with E-state index in [-0.39, 0.29) is 16.8 Å². The van der Waals surface area contributed by atoms with Gasteiger partial charge in [0.15, 0.2) is 0 Å². The van der Waals surface area contributed by atoms with Gasteiger partial charge in [0.05, 0.1) is 0 Å². The van der Waals surface area contributed by atoms with E-state index in [9.17, 15) is 0 Å². The Labute approximate surface area is 96.9 Å². The van der Waals surface area contributed by atoms with Crippen LogP contribution in [-0.4, -0.2) is 52.4 Å². The van der Waals surface area contributed by atoms with E-state index in [1.807, 2.05) is 0 Å². The minimum absolute atomic E-state index is 0. The van der Waals surface area contributed by atoms with Crippen LogP contribution in [-0.2, 0) is 16.8 Å². The summed E-state index contributed by atoms with van der Waals surface area (Å²) in [6, 6.07) is 0. The van der Waals surface area contributed by atoms with Crippen molar-refractivity contribution in [1.82, 2.24) is 16.0 Å². The molecule has 0 unspecified atom stereocenters. The Morgan fingerprint density at radius 2 is 0.857 bits per heavy atom. The molecule has 0 rings (SSSR count). The Balaban J connectivity index is 0. The van der Waals surface area contributed by atoms with Crippen molar-refractivity contribution >= 4 is 0 Å². The van der Waals surface area contributed by atoms with Gasteiger partial charge < -0.3 is 27.4 Å². The first-order valence-electron chi connectivity index (χ1n) is 4.94. The molecule has 0 amide bonds. The third kappa shape index (κ3) is 14.8. The van der Waals surface area contributed by atoms with Gasteiger partial charge in [-0.3, -0.25) is 0 Å². The SMILES string of the molecule is NCCNCCNCCNCCN.[Co]. The van der Waals surface area contributed by atoms with Crippen molar-refractivity contribution in [2.45, 2.75) is 0 Å². The van der Waals surface area contributed by atoms with Gasteiger partial charge in [0.1, 0.15) is 0 Å². The first-order chi connectivity index (χ1) is 6.41. The van der Waals surface area contributed by atoms with Crippen LogP contribution in [0.4, 0.5) is 0 Å². The third-order valence-electron chi connectivity index (χ3n) is 1.60. The minimum Gasteiger partial charge on any atom is -0.329 e. The molecule has 0 saturated carbocycles. The molecule has 0 aliphatic carbocycles. The summed E-state index contributed by atoms with van der Waals surface area (Å²) in [6.07, 6.45) is 0. The number of nitrogens with two attached hydrogens (primary N) is 2. The summed E-state index contributed by atoms with van der Waals surface area (Å²) < 4.78 is 0. The van der Waals surface area contributed by atoms with Gasteiger partial charge in [-0.25, -0.2) is 0 Å². The molecule has 6 heteroatoms. The van der Waals surface area contributed by atoms with Crippen LogP contribution in [0, 0.1) is 0 Å². The van der Waals surface area contributed by atoms with E-state index < -0.39 is 0 Å². The molecule has 89 valence electrons. The van der Waals surface area contributed by atoms with Gasteiger partial charge >= 0.3 is 0 Å². The zero-order valence-electron chi connectivity index (χ0n) is 8.64. The molecular formula is C8H23CoN5. The molecule has 7 N–H and O–H groups in total. The summed E-state index contributed by atoms with van der Waals surface area (Å²) in [5.74, 6) is 0. The average molecular weight is 248 g/mol. The van der Waals surface area contributed by atoms with Crippen molar-refractivity contribution in [3.8, 4) is 0 Å². The van der Waals surface area contributed by atoms with Gasteiger partial charge in [-0.15, -0.1) is 0 Å². The summed E-state index contributed by atoms with van der Waals surface area (Å²) in [5, 5.41) is 9.71. The van der Waals surface area contributed by atoms with Crippen molar-refractivity contribution < 1.29 is 16.8 Å². The second-order valence-electron chi connectivity index (χ2n) is 2.83. The van der Waals surface area contributed by atoms with Crippen LogP contribution in [0.5, 0.6) is 0 Å². The maximum Gasteiger partial charge on any atom is 0.00772 e. The molecule has 0 saturated heterocycles. The summed E-state index contributed by atoms with van der Waals surface area (Å²) in [7, 11) is 0. The molecule has 1 radical (unpaired) electrons. The Kier molecular flexibility index (Phi) is 18.8. The molecule has 0 heterocycles. The Morgan fingerprint density at radius 1 is 0.571 bits per heavy atom. The maximum absolute atomic E-state index is 5.32. The standard InChI is InChI=1S/C8H23N5.Co/c9-1-3-11-5-7-13-8-6-12-4-2-10;/h11-13H,1-10H2;. The fourth-order valence-electron chi connectivity index (χ4n) is 0.933. The van der Waals surface area contributed by atoms with Crippen LogP contribution in [0.25, 0.3) is 0 Å². The van der Waals surface area contributed by atoms with Crippen molar-refractivity contribution in [1.29, 1.82) is 0 Å². The van der Waals surface area contributed by atoms with Crippen LogP contribution < -0.4 is 27.4 Å². The van der Waals surface area contributed by atoms with Gasteiger partial charge in [-0.1, -0.05) is 0 Å². The minimum atomic E-state index is 0. The summed E-state index contributed by atoms with van der Waals surface area (Å²) in [6.45, 7) is 7.15. The number of nitrogens with one attached hydrogen (secondary N) is 3. The molecule has 0 fully saturated rings. The van der Waals surface area contributed by atoms with E-state index >= 15 is 0 Å². The summed E-state index contributed by atoms with van der Waals surface area (Å²) in [5.41, 5.74) is 10.6. The maximum atomic E-state index is 5.32. The van der Waals surface area contributed by atoms with E-state index in [0.717, 1.165) is 39.3 Å². The van der Waals surface area contributed by atoms with E-state index in [1.54, 1.807) is 0 Å². The molecule has 0 aliphatic rings. The van der Waals surface area contributed by atoms with E-state index in [2.05, 4.69) is 16.0 Å². The number of rotatable bonds is 10. The van der Waals surface area contributed by atoms with Gasteiger partial charge in [0.2, 0.25) is 0 Å². The van der Waals surface area contributed by atoms with Crippen molar-refractivity contribution in [3.63, 3.8) is 0 Å². The molecule has 14 heavy (non-hydrogen) atoms. The molecule has 0 spiro atoms. The molecule has 0 bridgehead atoms. The fraction of sp³-hybridized carbons (Fsp3) is 1.00. The number of hydrogen-bond acceptors (Lipinski definition) is 5. The molecule has 0 aromatic carbocycles. The molecule has 0 aliphatic heterocycles. The largest absolute Gasteiger partial charge is 0.329 e. The first kappa shape index (κ1) is 16.7. The average Bonchev–Trinajstić information content (AvgIpc) is 2.16. The first-order valence-corrected chi connectivity index (χ1v) is 4.94. The van der Waals surface area contributed by atoms with Crippen LogP contribution in [0.15, 0.2) is 0 Å². The summed E-state index contributed by atoms with van der Waals surface area (Å²) >= 11 is 0. The zero-order valence-corrected chi connectivity index (χ0v) is 9.69. The van der Waals surface area contributed by atoms with Gasteiger partial charge in [0, 0.05) is 69.1 Å². The van der Waals surface area contributed by atoms with Crippen molar-refractivity contribution in [3.05, 3.63) is 0 Å². The second kappa shape index (κ2) is 15.8. The van der Waals surface area contributed by atoms with Crippen LogP contribution in [0.3, 0.4) is 0 Å². The van der Waals surface area contributed by atoms with Crippen LogP contribution >= 0.6 is 0 Å². The van der Waals surface area contributed by atoms with Crippen molar-refractivity contribution in [2.24, 2.45) is 11.5 Å². The normalized spacial score (nSPS) is 9.86. The zero-order chi connectivity index (χ0) is 9.78. The Morgan fingerprint density at radius 3 is 1.14 bits per heavy atom. The monoisotopic (exact) mass is 248 g/mol. The van der Waals surface area contributed by atoms with Gasteiger partial charge in [-0.2, -0.15) is 0 Å². The predicted molar refractivity (Wildman–Crippen MR) is 56.7 cm³/mol. The second-order valence-corrected chi connectivity index (χ2v) is 2.83. The van der Waals surface area contributed by atoms with E-state index in [4.69, 9.17) is 11.5 Å². The molecule has 0 atom stereocenters. The molecule has 5 nitrogen and oxygen atoms in total. The Bertz CT molecular complexity index is 83.8. The van der Waals surface area contributed by atoms with Crippen LogP contribution in [0.2, 0.25) is 0 Å². The van der Waals surface area contributed by atoms with Crippen molar-refractivity contribution in [2.75, 3.05) is 52.4 Å². The predicted octanol–water partition coefficient (Wildman–Crippen LogP) is -2.33. The van der Waals surface area contributed by atoms with Crippen LogP contribution in [0.1, 0.15) is 0 Å². The fourth-order valence-corrected chi connectivity index (χ4v) is 0.933. The smallest absolute Gasteiger partial charge is 0.00772 e. The van der Waals surface area contributed by atoms with E-state index in [0.29, 0.717) is 13.1 Å². The summed E-state index contributed by atoms with van der Waals surface area (Å²) in [4.78, 5) is 0. The molecule has 0 aromatic heterocycles. The van der Waals surface area contributed by atoms with E-state index in [1.165, 1.54) is 0 Å². The quantitative estimate of drug-likeness (QED) is 0.280. The molecular weight excluding hydrogens is 225 g/mol. The Hall–Kier alpha value is 0.306. The topological polar surface area (TPSA) is 88.1 Å². The van der Waals surface area contributed by atoms with Gasteiger partial charge in [-0.05, 0) is 0 Å². The van der Waals surface area contributed by atoms with Gasteiger partial charge in [0.25, 0.3) is 0 Å². The molecule has 0 aromatic rings. The third-order valence-corrected chi connectivity index (χ3v) is 1.60. The number of hydrogen-bond donors (Lipinski definition) is 5.